The summed E-state index contributed by atoms with van der Waals surface area (Å²) in [5.41, 5.74) is 1.16. The van der Waals surface area contributed by atoms with Gasteiger partial charge in [-0.3, -0.25) is 0 Å². The Hall–Kier alpha value is -2.28. The molecule has 0 aliphatic carbocycles. The molecule has 34 heavy (non-hydrogen) atoms. The Kier molecular flexibility index (Phi) is 6.73. The van der Waals surface area contributed by atoms with Gasteiger partial charge >= 0.3 is 0 Å². The van der Waals surface area contributed by atoms with Crippen LogP contribution in [-0.4, -0.2) is 45.9 Å². The first kappa shape index (κ1) is 23.5. The number of hydrogen-bond donors (Lipinski definition) is 0. The number of hydrogen-bond acceptors (Lipinski definition) is 4. The van der Waals surface area contributed by atoms with Crippen molar-refractivity contribution in [1.29, 1.82) is 0 Å². The fourth-order valence-corrected chi connectivity index (χ4v) is 10.0. The summed E-state index contributed by atoms with van der Waals surface area (Å²) in [6.45, 7) is 8.50. The second-order valence-electron chi connectivity index (χ2n) is 10.3. The van der Waals surface area contributed by atoms with Crippen LogP contribution in [0.4, 0.5) is 0 Å². The van der Waals surface area contributed by atoms with E-state index in [0.717, 1.165) is 5.56 Å². The summed E-state index contributed by atoms with van der Waals surface area (Å²) in [6, 6.07) is 31.7. The topological polar surface area (TPSA) is 36.9 Å². The maximum atomic E-state index is 7.29. The molecule has 5 rings (SSSR count). The summed E-state index contributed by atoms with van der Waals surface area (Å²) in [5, 5.41) is 2.45. The molecule has 4 nitrogen and oxygen atoms in total. The number of fused-ring (bicyclic) bond motifs is 1. The van der Waals surface area contributed by atoms with Crippen molar-refractivity contribution in [3.05, 3.63) is 96.6 Å². The van der Waals surface area contributed by atoms with Gasteiger partial charge in [0, 0.05) is 0 Å². The Morgan fingerprint density at radius 2 is 1.18 bits per heavy atom. The highest BCUT2D eigenvalue weighted by Crippen LogP contribution is 2.40. The van der Waals surface area contributed by atoms with Gasteiger partial charge in [0.1, 0.15) is 18.3 Å². The lowest BCUT2D eigenvalue weighted by atomic mass is 10.1. The van der Waals surface area contributed by atoms with Crippen molar-refractivity contribution in [2.24, 2.45) is 0 Å². The molecule has 0 aromatic heterocycles. The zero-order valence-electron chi connectivity index (χ0n) is 20.2. The van der Waals surface area contributed by atoms with E-state index in [-0.39, 0.29) is 29.5 Å². The van der Waals surface area contributed by atoms with Crippen LogP contribution in [0.1, 0.15) is 26.3 Å². The van der Waals surface area contributed by atoms with Gasteiger partial charge in [-0.25, -0.2) is 0 Å². The molecule has 2 fully saturated rings. The number of rotatable bonds is 7. The van der Waals surface area contributed by atoms with Crippen LogP contribution < -0.4 is 10.4 Å². The Bertz CT molecular complexity index is 1010. The van der Waals surface area contributed by atoms with Crippen LogP contribution in [0, 0.1) is 0 Å². The van der Waals surface area contributed by atoms with E-state index in [4.69, 9.17) is 18.6 Å². The summed E-state index contributed by atoms with van der Waals surface area (Å²) >= 11 is 0. The van der Waals surface area contributed by atoms with Crippen LogP contribution in [-0.2, 0) is 25.2 Å². The zero-order chi connectivity index (χ0) is 23.6. The Morgan fingerprint density at radius 1 is 0.706 bits per heavy atom. The lowest BCUT2D eigenvalue weighted by molar-refractivity contribution is -0.0430. The molecular weight excluding hydrogens is 440 g/mol. The van der Waals surface area contributed by atoms with Crippen LogP contribution in [0.25, 0.3) is 0 Å². The smallest absolute Gasteiger partial charge is 0.261 e. The third-order valence-electron chi connectivity index (χ3n) is 7.01. The molecule has 178 valence electrons. The van der Waals surface area contributed by atoms with E-state index in [2.05, 4.69) is 93.6 Å². The summed E-state index contributed by atoms with van der Waals surface area (Å²) in [4.78, 5) is 0. The minimum Gasteiger partial charge on any atom is -0.399 e. The molecule has 0 bridgehead atoms. The second kappa shape index (κ2) is 9.76. The molecule has 0 amide bonds. The first-order valence-electron chi connectivity index (χ1n) is 12.2. The van der Waals surface area contributed by atoms with Crippen LogP contribution in [0.3, 0.4) is 0 Å². The number of benzene rings is 3. The maximum Gasteiger partial charge on any atom is 0.261 e. The molecular formula is C29H34O4Si. The Balaban J connectivity index is 1.41. The Labute approximate surface area is 204 Å². The lowest BCUT2D eigenvalue weighted by Crippen LogP contribution is -2.68. The fourth-order valence-electron chi connectivity index (χ4n) is 5.37. The third-order valence-corrected chi connectivity index (χ3v) is 12.1. The van der Waals surface area contributed by atoms with Gasteiger partial charge in [0.2, 0.25) is 0 Å². The molecule has 0 spiro atoms. The molecule has 5 heteroatoms. The van der Waals surface area contributed by atoms with Gasteiger partial charge in [0.25, 0.3) is 8.32 Å². The van der Waals surface area contributed by atoms with Crippen molar-refractivity contribution in [2.45, 2.75) is 56.8 Å². The molecule has 0 unspecified atom stereocenters. The summed E-state index contributed by atoms with van der Waals surface area (Å²) in [6.07, 6.45) is -0.450. The van der Waals surface area contributed by atoms with Gasteiger partial charge in [-0.2, -0.15) is 0 Å². The van der Waals surface area contributed by atoms with E-state index in [9.17, 15) is 0 Å². The predicted molar refractivity (Wildman–Crippen MR) is 137 cm³/mol. The van der Waals surface area contributed by atoms with E-state index in [1.807, 2.05) is 18.2 Å². The van der Waals surface area contributed by atoms with Gasteiger partial charge in [-0.15, -0.1) is 0 Å². The molecule has 2 aliphatic heterocycles. The molecule has 4 atom stereocenters. The third kappa shape index (κ3) is 4.39. The van der Waals surface area contributed by atoms with Crippen molar-refractivity contribution in [1.82, 2.24) is 0 Å². The first-order valence-corrected chi connectivity index (χ1v) is 14.1. The van der Waals surface area contributed by atoms with Crippen molar-refractivity contribution < 1.29 is 18.6 Å². The maximum absolute atomic E-state index is 7.29. The van der Waals surface area contributed by atoms with E-state index in [1.165, 1.54) is 10.4 Å². The van der Waals surface area contributed by atoms with Gasteiger partial charge < -0.3 is 18.6 Å². The first-order chi connectivity index (χ1) is 16.5. The number of ether oxygens (including phenoxy) is 3. The quantitative estimate of drug-likeness (QED) is 0.478. The normalized spacial score (nSPS) is 24.8. The molecule has 3 aromatic rings. The molecule has 3 aromatic carbocycles. The van der Waals surface area contributed by atoms with Gasteiger partial charge in [-0.05, 0) is 21.0 Å². The summed E-state index contributed by atoms with van der Waals surface area (Å²) < 4.78 is 26.1. The fraction of sp³-hybridized carbons (Fsp3) is 0.379. The second-order valence-corrected chi connectivity index (χ2v) is 14.5. The largest absolute Gasteiger partial charge is 0.399 e. The van der Waals surface area contributed by atoms with Crippen molar-refractivity contribution in [3.8, 4) is 0 Å². The van der Waals surface area contributed by atoms with E-state index < -0.39 is 8.32 Å². The van der Waals surface area contributed by atoms with Crippen molar-refractivity contribution >= 4 is 18.7 Å². The van der Waals surface area contributed by atoms with E-state index in [1.54, 1.807) is 0 Å². The highest BCUT2D eigenvalue weighted by molar-refractivity contribution is 6.99. The molecule has 0 N–H and O–H groups in total. The summed E-state index contributed by atoms with van der Waals surface area (Å²) in [5.74, 6) is 0. The highest BCUT2D eigenvalue weighted by atomic mass is 28.4. The molecule has 2 heterocycles. The molecule has 2 saturated heterocycles. The molecule has 0 radical (unpaired) electrons. The van der Waals surface area contributed by atoms with Crippen LogP contribution in [0.2, 0.25) is 5.04 Å². The molecule has 2 aliphatic rings. The van der Waals surface area contributed by atoms with Crippen molar-refractivity contribution in [3.63, 3.8) is 0 Å². The zero-order valence-corrected chi connectivity index (χ0v) is 21.2. The van der Waals surface area contributed by atoms with Gasteiger partial charge in [0.05, 0.1) is 25.9 Å². The predicted octanol–water partition coefficient (Wildman–Crippen LogP) is 4.31. The SMILES string of the molecule is CC(C)(C)[Si](O[C@@H]1CO[C@H]2[C@@H]1OC[C@H]2OCc1ccccc1)(c1ccccc1)c1ccccc1. The van der Waals surface area contributed by atoms with Gasteiger partial charge in [-0.1, -0.05) is 112 Å². The van der Waals surface area contributed by atoms with Crippen LogP contribution in [0.15, 0.2) is 91.0 Å². The average molecular weight is 475 g/mol. The van der Waals surface area contributed by atoms with E-state index in [0.29, 0.717) is 19.8 Å². The van der Waals surface area contributed by atoms with Crippen molar-refractivity contribution in [2.75, 3.05) is 13.2 Å². The average Bonchev–Trinajstić information content (AvgIpc) is 3.45. The minimum atomic E-state index is -2.67. The minimum absolute atomic E-state index is 0.0852. The monoisotopic (exact) mass is 474 g/mol. The van der Waals surface area contributed by atoms with Gasteiger partial charge in [0.15, 0.2) is 0 Å². The molecule has 0 saturated carbocycles. The van der Waals surface area contributed by atoms with E-state index >= 15 is 0 Å². The Morgan fingerprint density at radius 3 is 1.71 bits per heavy atom. The standard InChI is InChI=1S/C29H34O4Si/c1-29(2,3)34(23-15-9-5-10-16-23,24-17-11-6-12-18-24)33-26-21-32-27-25(20-31-28(26)27)30-19-22-13-7-4-8-14-22/h4-18,25-28H,19-21H2,1-3H3/t25-,26-,27-,28-/m1/s1. The van der Waals surface area contributed by atoms with Crippen LogP contribution in [0.5, 0.6) is 0 Å². The highest BCUT2D eigenvalue weighted by Gasteiger charge is 2.56. The summed E-state index contributed by atoms with van der Waals surface area (Å²) in [7, 11) is -2.67. The van der Waals surface area contributed by atoms with Crippen LogP contribution >= 0.6 is 0 Å². The lowest BCUT2D eigenvalue weighted by Gasteiger charge is -2.45.